The van der Waals surface area contributed by atoms with E-state index in [4.69, 9.17) is 4.42 Å². The zero-order valence-electron chi connectivity index (χ0n) is 14.7. The Bertz CT molecular complexity index is 1180. The molecule has 0 atom stereocenters. The molecule has 1 aromatic carbocycles. The monoisotopic (exact) mass is 403 g/mol. The number of rotatable bonds is 6. The average Bonchev–Trinajstić information content (AvgIpc) is 3.26. The van der Waals surface area contributed by atoms with Crippen LogP contribution in [0.25, 0.3) is 16.7 Å². The Morgan fingerprint density at radius 1 is 1.11 bits per heavy atom. The molecule has 3 aromatic heterocycles. The molecule has 0 saturated heterocycles. The van der Waals surface area contributed by atoms with Crippen molar-refractivity contribution in [1.82, 2.24) is 23.9 Å². The zero-order valence-corrected chi connectivity index (χ0v) is 16.4. The van der Waals surface area contributed by atoms with Crippen molar-refractivity contribution in [2.45, 2.75) is 29.1 Å². The predicted octanol–water partition coefficient (Wildman–Crippen LogP) is 3.05. The molecule has 0 unspecified atom stereocenters. The molecule has 10 heteroatoms. The molecule has 0 aliphatic rings. The first kappa shape index (κ1) is 18.0. The summed E-state index contributed by atoms with van der Waals surface area (Å²) in [6.07, 6.45) is 1.54. The number of pyridine rings is 1. The molecule has 0 radical (unpaired) electrons. The van der Waals surface area contributed by atoms with E-state index in [0.29, 0.717) is 34.7 Å². The van der Waals surface area contributed by atoms with Crippen LogP contribution in [-0.2, 0) is 10.0 Å². The molecule has 0 spiro atoms. The van der Waals surface area contributed by atoms with E-state index in [1.807, 2.05) is 38.1 Å². The second-order valence-corrected chi connectivity index (χ2v) is 8.57. The smallest absolute Gasteiger partial charge is 0.264 e. The zero-order chi connectivity index (χ0) is 19.0. The molecule has 0 bridgehead atoms. The maximum Gasteiger partial charge on any atom is 0.264 e. The molecule has 4 rings (SSSR count). The quantitative estimate of drug-likeness (QED) is 0.488. The van der Waals surface area contributed by atoms with Crippen molar-refractivity contribution < 1.29 is 12.8 Å². The van der Waals surface area contributed by atoms with Crippen molar-refractivity contribution in [1.29, 1.82) is 0 Å². The van der Waals surface area contributed by atoms with Crippen LogP contribution in [0.1, 0.15) is 13.8 Å². The van der Waals surface area contributed by atoms with E-state index in [1.165, 1.54) is 22.3 Å². The molecule has 27 heavy (non-hydrogen) atoms. The standard InChI is InChI=1S/C17H17N5O3S2/c1-3-21(4-2)27(23,24)12-9-10-15-19-20-16(22(15)11-12)26-17-18-13-7-5-6-8-14(13)25-17/h5-11H,3-4H2,1-2H3. The Hall–Kier alpha value is -2.43. The van der Waals surface area contributed by atoms with Gasteiger partial charge in [-0.2, -0.15) is 4.31 Å². The maximum atomic E-state index is 12.8. The van der Waals surface area contributed by atoms with Gasteiger partial charge in [0.05, 0.1) is 4.90 Å². The molecule has 3 heterocycles. The summed E-state index contributed by atoms with van der Waals surface area (Å²) in [6, 6.07) is 10.6. The van der Waals surface area contributed by atoms with Gasteiger partial charge in [-0.05, 0) is 24.3 Å². The van der Waals surface area contributed by atoms with Crippen molar-refractivity contribution in [2.24, 2.45) is 0 Å². The first-order valence-electron chi connectivity index (χ1n) is 8.41. The number of oxazole rings is 1. The number of sulfonamides is 1. The summed E-state index contributed by atoms with van der Waals surface area (Å²) in [4.78, 5) is 4.60. The number of nitrogens with zero attached hydrogens (tertiary/aromatic N) is 5. The summed E-state index contributed by atoms with van der Waals surface area (Å²) >= 11 is 1.19. The van der Waals surface area contributed by atoms with Gasteiger partial charge in [0.15, 0.2) is 11.2 Å². The van der Waals surface area contributed by atoms with E-state index in [1.54, 1.807) is 16.5 Å². The molecule has 0 aliphatic carbocycles. The molecule has 0 fully saturated rings. The molecule has 4 aromatic rings. The number of benzene rings is 1. The highest BCUT2D eigenvalue weighted by atomic mass is 32.2. The van der Waals surface area contributed by atoms with Gasteiger partial charge in [-0.1, -0.05) is 26.0 Å². The largest absolute Gasteiger partial charge is 0.431 e. The normalized spacial score (nSPS) is 12.4. The van der Waals surface area contributed by atoms with Gasteiger partial charge in [0.1, 0.15) is 5.52 Å². The second kappa shape index (κ2) is 6.95. The van der Waals surface area contributed by atoms with Crippen LogP contribution in [-0.4, -0.2) is 45.4 Å². The first-order valence-corrected chi connectivity index (χ1v) is 10.7. The van der Waals surface area contributed by atoms with Crippen LogP contribution in [0.4, 0.5) is 0 Å². The minimum atomic E-state index is -3.57. The number of aromatic nitrogens is 4. The highest BCUT2D eigenvalue weighted by molar-refractivity contribution is 7.99. The highest BCUT2D eigenvalue weighted by Crippen LogP contribution is 2.29. The molecule has 0 saturated carbocycles. The highest BCUT2D eigenvalue weighted by Gasteiger charge is 2.23. The fourth-order valence-corrected chi connectivity index (χ4v) is 4.97. The van der Waals surface area contributed by atoms with E-state index >= 15 is 0 Å². The third-order valence-electron chi connectivity index (χ3n) is 4.14. The van der Waals surface area contributed by atoms with Crippen LogP contribution in [0.15, 0.2) is 62.3 Å². The van der Waals surface area contributed by atoms with E-state index in [2.05, 4.69) is 15.2 Å². The van der Waals surface area contributed by atoms with Crippen molar-refractivity contribution in [3.8, 4) is 0 Å². The van der Waals surface area contributed by atoms with Gasteiger partial charge in [0, 0.05) is 31.0 Å². The minimum Gasteiger partial charge on any atom is -0.431 e. The SMILES string of the molecule is CCN(CC)S(=O)(=O)c1ccc2nnc(Sc3nc4ccccc4o3)n2c1. The van der Waals surface area contributed by atoms with Gasteiger partial charge in [-0.15, -0.1) is 10.2 Å². The fourth-order valence-electron chi connectivity index (χ4n) is 2.76. The Kier molecular flexibility index (Phi) is 4.62. The van der Waals surface area contributed by atoms with Gasteiger partial charge in [-0.25, -0.2) is 13.4 Å². The number of hydrogen-bond acceptors (Lipinski definition) is 7. The molecule has 140 valence electrons. The summed E-state index contributed by atoms with van der Waals surface area (Å²) < 4.78 is 34.3. The Morgan fingerprint density at radius 2 is 1.89 bits per heavy atom. The summed E-state index contributed by atoms with van der Waals surface area (Å²) in [5.74, 6) is 0. The molecular weight excluding hydrogens is 386 g/mol. The van der Waals surface area contributed by atoms with E-state index in [-0.39, 0.29) is 4.90 Å². The predicted molar refractivity (Wildman–Crippen MR) is 101 cm³/mol. The van der Waals surface area contributed by atoms with Gasteiger partial charge >= 0.3 is 0 Å². The van der Waals surface area contributed by atoms with Gasteiger partial charge in [0.25, 0.3) is 5.22 Å². The minimum absolute atomic E-state index is 0.193. The molecule has 0 N–H and O–H groups in total. The Labute approximate surface area is 160 Å². The van der Waals surface area contributed by atoms with Crippen molar-refractivity contribution in [3.05, 3.63) is 42.6 Å². The molecule has 0 amide bonds. The van der Waals surface area contributed by atoms with Crippen molar-refractivity contribution in [2.75, 3.05) is 13.1 Å². The third-order valence-corrected chi connectivity index (χ3v) is 6.98. The van der Waals surface area contributed by atoms with Gasteiger partial charge in [-0.3, -0.25) is 4.40 Å². The average molecular weight is 403 g/mol. The first-order chi connectivity index (χ1) is 13.0. The lowest BCUT2D eigenvalue weighted by Gasteiger charge is -2.18. The molecular formula is C17H17N5O3S2. The van der Waals surface area contributed by atoms with Crippen molar-refractivity contribution >= 4 is 38.5 Å². The fraction of sp³-hybridized carbons (Fsp3) is 0.235. The lowest BCUT2D eigenvalue weighted by Crippen LogP contribution is -2.30. The molecule has 0 aliphatic heterocycles. The second-order valence-electron chi connectivity index (χ2n) is 5.71. The summed E-state index contributed by atoms with van der Waals surface area (Å²) in [6.45, 7) is 4.44. The van der Waals surface area contributed by atoms with E-state index in [0.717, 1.165) is 5.52 Å². The van der Waals surface area contributed by atoms with Crippen LogP contribution < -0.4 is 0 Å². The van der Waals surface area contributed by atoms with Crippen LogP contribution in [0.5, 0.6) is 0 Å². The number of hydrogen-bond donors (Lipinski definition) is 0. The lowest BCUT2D eigenvalue weighted by molar-refractivity contribution is 0.445. The van der Waals surface area contributed by atoms with Crippen LogP contribution in [0.3, 0.4) is 0 Å². The summed E-state index contributed by atoms with van der Waals surface area (Å²) in [7, 11) is -3.57. The number of para-hydroxylation sites is 2. The van der Waals surface area contributed by atoms with Crippen LogP contribution in [0, 0.1) is 0 Å². The molecule has 8 nitrogen and oxygen atoms in total. The topological polar surface area (TPSA) is 93.6 Å². The third kappa shape index (κ3) is 3.20. The lowest BCUT2D eigenvalue weighted by atomic mass is 10.3. The van der Waals surface area contributed by atoms with Gasteiger partial charge in [0.2, 0.25) is 15.2 Å². The maximum absolute atomic E-state index is 12.8. The Balaban J connectivity index is 1.74. The summed E-state index contributed by atoms with van der Waals surface area (Å²) in [5, 5.41) is 9.13. The van der Waals surface area contributed by atoms with Gasteiger partial charge < -0.3 is 4.42 Å². The van der Waals surface area contributed by atoms with Crippen LogP contribution >= 0.6 is 11.8 Å². The van der Waals surface area contributed by atoms with Crippen LogP contribution in [0.2, 0.25) is 0 Å². The van der Waals surface area contributed by atoms with E-state index in [9.17, 15) is 8.42 Å². The Morgan fingerprint density at radius 3 is 2.63 bits per heavy atom. The van der Waals surface area contributed by atoms with Crippen molar-refractivity contribution in [3.63, 3.8) is 0 Å². The van der Waals surface area contributed by atoms with E-state index < -0.39 is 10.0 Å². The summed E-state index contributed by atoms with van der Waals surface area (Å²) in [5.41, 5.74) is 1.98. The number of fused-ring (bicyclic) bond motifs is 2.